The van der Waals surface area contributed by atoms with Crippen molar-refractivity contribution >= 4 is 17.7 Å². The van der Waals surface area contributed by atoms with Crippen LogP contribution in [0.4, 0.5) is 0 Å². The molecule has 0 atom stereocenters. The number of Topliss-reactive ketones (excluding diaryl/α,β-unsaturated/α-hetero) is 1. The molecular formula is C23H28N2O5. The molecule has 0 bridgehead atoms. The van der Waals surface area contributed by atoms with E-state index >= 15 is 0 Å². The first kappa shape index (κ1) is 22.9. The third kappa shape index (κ3) is 4.62. The topological polar surface area (TPSA) is 77.8 Å². The summed E-state index contributed by atoms with van der Waals surface area (Å²) < 4.78 is 11.9. The van der Waals surface area contributed by atoms with Gasteiger partial charge in [-0.25, -0.2) is 4.79 Å². The first-order valence-electron chi connectivity index (χ1n) is 9.67. The van der Waals surface area contributed by atoms with E-state index in [4.69, 9.17) is 9.47 Å². The molecule has 0 aliphatic rings. The average molecular weight is 412 g/mol. The Hall–Kier alpha value is -3.35. The van der Waals surface area contributed by atoms with E-state index in [-0.39, 0.29) is 31.4 Å². The van der Waals surface area contributed by atoms with Crippen LogP contribution in [-0.4, -0.2) is 53.9 Å². The van der Waals surface area contributed by atoms with E-state index in [0.29, 0.717) is 33.8 Å². The molecule has 0 aliphatic heterocycles. The number of carbonyl (C=O) groups is 3. The zero-order valence-electron chi connectivity index (χ0n) is 18.2. The van der Waals surface area contributed by atoms with Crippen molar-refractivity contribution in [2.75, 3.05) is 26.8 Å². The highest BCUT2D eigenvalue weighted by Crippen LogP contribution is 2.23. The minimum atomic E-state index is -0.475. The Labute approximate surface area is 176 Å². The van der Waals surface area contributed by atoms with E-state index in [9.17, 15) is 14.4 Å². The maximum absolute atomic E-state index is 13.1. The lowest BCUT2D eigenvalue weighted by atomic mass is 10.0. The number of aromatic nitrogens is 1. The molecule has 0 saturated heterocycles. The number of esters is 1. The summed E-state index contributed by atoms with van der Waals surface area (Å²) in [6.07, 6.45) is 1.57. The highest BCUT2D eigenvalue weighted by Gasteiger charge is 2.27. The van der Waals surface area contributed by atoms with Crippen molar-refractivity contribution < 1.29 is 23.9 Å². The van der Waals surface area contributed by atoms with Gasteiger partial charge >= 0.3 is 5.97 Å². The summed E-state index contributed by atoms with van der Waals surface area (Å²) >= 11 is 0. The van der Waals surface area contributed by atoms with Gasteiger partial charge in [-0.3, -0.25) is 9.59 Å². The fourth-order valence-electron chi connectivity index (χ4n) is 3.42. The second-order valence-corrected chi connectivity index (χ2v) is 6.84. The summed E-state index contributed by atoms with van der Waals surface area (Å²) in [6.45, 7) is 9.23. The minimum absolute atomic E-state index is 0.134. The van der Waals surface area contributed by atoms with Gasteiger partial charge in [0.2, 0.25) is 0 Å². The van der Waals surface area contributed by atoms with Gasteiger partial charge in [0.15, 0.2) is 5.78 Å². The van der Waals surface area contributed by atoms with E-state index in [1.807, 2.05) is 0 Å². The second-order valence-electron chi connectivity index (χ2n) is 6.84. The van der Waals surface area contributed by atoms with Crippen molar-refractivity contribution in [3.05, 3.63) is 65.0 Å². The fraction of sp³-hybridized carbons (Fsp3) is 0.348. The van der Waals surface area contributed by atoms with E-state index in [2.05, 4.69) is 6.58 Å². The number of hydrogen-bond acceptors (Lipinski definition) is 5. The van der Waals surface area contributed by atoms with Crippen LogP contribution >= 0.6 is 0 Å². The second kappa shape index (κ2) is 9.91. The molecule has 0 radical (unpaired) electrons. The standard InChI is InChI=1S/C23H28N2O5/c1-7-13-25(22(27)17-9-11-18(29-6)12-10-17)14-19(26)20-15(3)21(23(28)30-8-2)24(5)16(20)4/h7,9-12H,1,8,13-14H2,2-6H3. The summed E-state index contributed by atoms with van der Waals surface area (Å²) in [6, 6.07) is 6.69. The molecule has 0 N–H and O–H groups in total. The van der Waals surface area contributed by atoms with E-state index < -0.39 is 5.97 Å². The highest BCUT2D eigenvalue weighted by atomic mass is 16.5. The molecule has 7 heteroatoms. The summed E-state index contributed by atoms with van der Waals surface area (Å²) in [7, 11) is 3.27. The number of benzene rings is 1. The van der Waals surface area contributed by atoms with Crippen LogP contribution in [0.15, 0.2) is 36.9 Å². The molecule has 1 heterocycles. The van der Waals surface area contributed by atoms with Crippen LogP contribution in [0.3, 0.4) is 0 Å². The molecule has 7 nitrogen and oxygen atoms in total. The molecule has 0 aliphatic carbocycles. The molecule has 1 aromatic heterocycles. The van der Waals surface area contributed by atoms with Crippen LogP contribution in [0.5, 0.6) is 5.75 Å². The molecule has 0 unspecified atom stereocenters. The number of amides is 1. The lowest BCUT2D eigenvalue weighted by molar-refractivity contribution is 0.0514. The largest absolute Gasteiger partial charge is 0.497 e. The summed E-state index contributed by atoms with van der Waals surface area (Å²) in [5, 5.41) is 0. The number of nitrogens with zero attached hydrogens (tertiary/aromatic N) is 2. The van der Waals surface area contributed by atoms with Crippen LogP contribution < -0.4 is 4.74 Å². The van der Waals surface area contributed by atoms with Crippen LogP contribution in [0.1, 0.15) is 49.4 Å². The zero-order valence-corrected chi connectivity index (χ0v) is 18.2. The van der Waals surface area contributed by atoms with Gasteiger partial charge in [0, 0.05) is 30.4 Å². The molecule has 2 rings (SSSR count). The molecule has 0 saturated carbocycles. The Morgan fingerprint density at radius 2 is 1.80 bits per heavy atom. The predicted octanol–water partition coefficient (Wildman–Crippen LogP) is 3.34. The van der Waals surface area contributed by atoms with Crippen LogP contribution in [0.2, 0.25) is 0 Å². The molecule has 0 fully saturated rings. The van der Waals surface area contributed by atoms with Gasteiger partial charge in [0.05, 0.1) is 20.3 Å². The lowest BCUT2D eigenvalue weighted by Gasteiger charge is -2.21. The van der Waals surface area contributed by atoms with Crippen molar-refractivity contribution in [1.82, 2.24) is 9.47 Å². The SMILES string of the molecule is C=CCN(CC(=O)c1c(C)c(C(=O)OCC)n(C)c1C)C(=O)c1ccc(OC)cc1. The van der Waals surface area contributed by atoms with E-state index in [1.165, 1.54) is 4.90 Å². The Balaban J connectivity index is 2.32. The maximum Gasteiger partial charge on any atom is 0.355 e. The van der Waals surface area contributed by atoms with Crippen molar-refractivity contribution in [2.45, 2.75) is 20.8 Å². The van der Waals surface area contributed by atoms with Gasteiger partial charge in [-0.05, 0) is 50.6 Å². The summed E-state index contributed by atoms with van der Waals surface area (Å²) in [5.74, 6) is -0.376. The number of ether oxygens (including phenoxy) is 2. The van der Waals surface area contributed by atoms with E-state index in [0.717, 1.165) is 0 Å². The van der Waals surface area contributed by atoms with Gasteiger partial charge in [-0.2, -0.15) is 0 Å². The molecular weight excluding hydrogens is 384 g/mol. The van der Waals surface area contributed by atoms with Gasteiger partial charge in [0.25, 0.3) is 5.91 Å². The van der Waals surface area contributed by atoms with Crippen molar-refractivity contribution in [3.8, 4) is 5.75 Å². The van der Waals surface area contributed by atoms with E-state index in [1.54, 1.807) is 69.8 Å². The Bertz CT molecular complexity index is 957. The third-order valence-electron chi connectivity index (χ3n) is 4.99. The van der Waals surface area contributed by atoms with Crippen LogP contribution in [0, 0.1) is 13.8 Å². The minimum Gasteiger partial charge on any atom is -0.497 e. The quantitative estimate of drug-likeness (QED) is 0.359. The van der Waals surface area contributed by atoms with Crippen molar-refractivity contribution in [2.24, 2.45) is 7.05 Å². The number of methoxy groups -OCH3 is 1. The summed E-state index contributed by atoms with van der Waals surface area (Å²) in [4.78, 5) is 39.8. The molecule has 160 valence electrons. The Morgan fingerprint density at radius 1 is 1.17 bits per heavy atom. The lowest BCUT2D eigenvalue weighted by Crippen LogP contribution is -2.36. The maximum atomic E-state index is 13.1. The van der Waals surface area contributed by atoms with Crippen molar-refractivity contribution in [3.63, 3.8) is 0 Å². The van der Waals surface area contributed by atoms with Crippen LogP contribution in [0.25, 0.3) is 0 Å². The third-order valence-corrected chi connectivity index (χ3v) is 4.99. The van der Waals surface area contributed by atoms with Gasteiger partial charge < -0.3 is 18.9 Å². The smallest absolute Gasteiger partial charge is 0.355 e. The number of carbonyl (C=O) groups excluding carboxylic acids is 3. The average Bonchev–Trinajstić information content (AvgIpc) is 2.95. The molecule has 0 spiro atoms. The highest BCUT2D eigenvalue weighted by molar-refractivity contribution is 6.06. The Morgan fingerprint density at radius 3 is 2.33 bits per heavy atom. The monoisotopic (exact) mass is 412 g/mol. The summed E-state index contributed by atoms with van der Waals surface area (Å²) in [5.41, 5.74) is 2.41. The molecule has 30 heavy (non-hydrogen) atoms. The van der Waals surface area contributed by atoms with Crippen molar-refractivity contribution in [1.29, 1.82) is 0 Å². The molecule has 1 amide bonds. The first-order valence-corrected chi connectivity index (χ1v) is 9.67. The normalized spacial score (nSPS) is 10.4. The fourth-order valence-corrected chi connectivity index (χ4v) is 3.42. The first-order chi connectivity index (χ1) is 14.3. The van der Waals surface area contributed by atoms with Gasteiger partial charge in [-0.1, -0.05) is 6.08 Å². The number of rotatable bonds is 9. The van der Waals surface area contributed by atoms with Gasteiger partial charge in [-0.15, -0.1) is 6.58 Å². The molecule has 2 aromatic rings. The number of ketones is 1. The van der Waals surface area contributed by atoms with Crippen LogP contribution in [-0.2, 0) is 11.8 Å². The number of hydrogen-bond donors (Lipinski definition) is 0. The van der Waals surface area contributed by atoms with Gasteiger partial charge in [0.1, 0.15) is 11.4 Å². The zero-order chi connectivity index (χ0) is 22.4. The molecule has 1 aromatic carbocycles. The Kier molecular flexibility index (Phi) is 7.58. The predicted molar refractivity (Wildman–Crippen MR) is 114 cm³/mol.